The topological polar surface area (TPSA) is 36.4 Å². The fourth-order valence-electron chi connectivity index (χ4n) is 3.59. The number of hydrogen-bond donors (Lipinski definition) is 0. The third kappa shape index (κ3) is 2.61. The standard InChI is InChI=1S/C15H23N3OS/c1-12(2)7-17-5-3-4-15(9-17)10-18(14(15)19)8-13-6-16-11-20-13/h6,11-12H,3-5,7-10H2,1-2H3/t15-/m0/s1. The molecule has 110 valence electrons. The number of carbonyl (C=O) groups excluding carboxylic acids is 1. The van der Waals surface area contributed by atoms with Crippen molar-refractivity contribution in [2.75, 3.05) is 26.2 Å². The molecule has 0 radical (unpaired) electrons. The number of β-lactam (4-membered cyclic amide) rings is 1. The van der Waals surface area contributed by atoms with E-state index in [1.54, 1.807) is 11.3 Å². The number of likely N-dealkylation sites (tertiary alicyclic amines) is 2. The van der Waals surface area contributed by atoms with Crippen LogP contribution in [0.2, 0.25) is 0 Å². The average Bonchev–Trinajstić information content (AvgIpc) is 2.90. The van der Waals surface area contributed by atoms with Crippen molar-refractivity contribution in [3.63, 3.8) is 0 Å². The molecule has 5 heteroatoms. The molecule has 20 heavy (non-hydrogen) atoms. The summed E-state index contributed by atoms with van der Waals surface area (Å²) in [5, 5.41) is 0. The molecule has 1 aromatic rings. The summed E-state index contributed by atoms with van der Waals surface area (Å²) in [5.41, 5.74) is 1.76. The largest absolute Gasteiger partial charge is 0.336 e. The molecule has 2 fully saturated rings. The van der Waals surface area contributed by atoms with Crippen LogP contribution in [0.4, 0.5) is 0 Å². The molecule has 1 atom stereocenters. The zero-order chi connectivity index (χ0) is 14.2. The average molecular weight is 293 g/mol. The van der Waals surface area contributed by atoms with Crippen LogP contribution in [-0.2, 0) is 11.3 Å². The first-order valence-corrected chi connectivity index (χ1v) is 8.36. The number of thiazole rings is 1. The van der Waals surface area contributed by atoms with Crippen LogP contribution in [0, 0.1) is 11.3 Å². The van der Waals surface area contributed by atoms with E-state index in [0.717, 1.165) is 45.6 Å². The van der Waals surface area contributed by atoms with Crippen LogP contribution >= 0.6 is 11.3 Å². The first-order valence-electron chi connectivity index (χ1n) is 7.48. The van der Waals surface area contributed by atoms with Crippen LogP contribution in [0.15, 0.2) is 11.7 Å². The van der Waals surface area contributed by atoms with E-state index in [-0.39, 0.29) is 5.41 Å². The van der Waals surface area contributed by atoms with E-state index in [2.05, 4.69) is 23.7 Å². The van der Waals surface area contributed by atoms with Gasteiger partial charge in [0.1, 0.15) is 0 Å². The molecule has 3 heterocycles. The van der Waals surface area contributed by atoms with Crippen molar-refractivity contribution in [2.24, 2.45) is 11.3 Å². The fraction of sp³-hybridized carbons (Fsp3) is 0.733. The van der Waals surface area contributed by atoms with Crippen molar-refractivity contribution < 1.29 is 4.79 Å². The van der Waals surface area contributed by atoms with Crippen LogP contribution in [0.3, 0.4) is 0 Å². The zero-order valence-electron chi connectivity index (χ0n) is 12.3. The number of amides is 1. The molecule has 2 aliphatic heterocycles. The molecule has 2 saturated heterocycles. The zero-order valence-corrected chi connectivity index (χ0v) is 13.2. The molecule has 3 rings (SSSR count). The van der Waals surface area contributed by atoms with Crippen LogP contribution in [0.5, 0.6) is 0 Å². The van der Waals surface area contributed by atoms with E-state index in [4.69, 9.17) is 0 Å². The van der Waals surface area contributed by atoms with Gasteiger partial charge >= 0.3 is 0 Å². The van der Waals surface area contributed by atoms with Gasteiger partial charge in [-0.25, -0.2) is 0 Å². The highest BCUT2D eigenvalue weighted by Gasteiger charge is 2.53. The number of aromatic nitrogens is 1. The first kappa shape index (κ1) is 14.0. The molecule has 0 aliphatic carbocycles. The van der Waals surface area contributed by atoms with Gasteiger partial charge < -0.3 is 9.80 Å². The molecule has 0 saturated carbocycles. The maximum absolute atomic E-state index is 12.6. The molecular weight excluding hydrogens is 270 g/mol. The summed E-state index contributed by atoms with van der Waals surface area (Å²) >= 11 is 1.63. The number of piperidine rings is 1. The predicted molar refractivity (Wildman–Crippen MR) is 80.5 cm³/mol. The summed E-state index contributed by atoms with van der Waals surface area (Å²) in [6.07, 6.45) is 4.10. The Morgan fingerprint density at radius 3 is 2.95 bits per heavy atom. The second kappa shape index (κ2) is 5.45. The van der Waals surface area contributed by atoms with E-state index in [0.29, 0.717) is 11.8 Å². The maximum Gasteiger partial charge on any atom is 0.232 e. The molecular formula is C15H23N3OS. The van der Waals surface area contributed by atoms with Crippen molar-refractivity contribution in [3.8, 4) is 0 Å². The smallest absolute Gasteiger partial charge is 0.232 e. The second-order valence-corrected chi connectivity index (χ2v) is 7.61. The Morgan fingerprint density at radius 1 is 1.45 bits per heavy atom. The fourth-order valence-corrected chi connectivity index (χ4v) is 4.20. The van der Waals surface area contributed by atoms with Crippen molar-refractivity contribution in [2.45, 2.75) is 33.2 Å². The summed E-state index contributed by atoms with van der Waals surface area (Å²) in [6.45, 7) is 9.41. The Kier molecular flexibility index (Phi) is 3.82. The van der Waals surface area contributed by atoms with Gasteiger partial charge in [-0.05, 0) is 25.3 Å². The van der Waals surface area contributed by atoms with Crippen LogP contribution in [-0.4, -0.2) is 46.9 Å². The molecule has 0 N–H and O–H groups in total. The quantitative estimate of drug-likeness (QED) is 0.799. The Labute approximate surface area is 124 Å². The molecule has 2 aliphatic rings. The van der Waals surface area contributed by atoms with Gasteiger partial charge in [-0.2, -0.15) is 0 Å². The maximum atomic E-state index is 12.6. The Hall–Kier alpha value is -0.940. The molecule has 0 unspecified atom stereocenters. The number of rotatable bonds is 4. The SMILES string of the molecule is CC(C)CN1CCC[C@]2(C1)CN(Cc1cncs1)C2=O. The summed E-state index contributed by atoms with van der Waals surface area (Å²) in [4.78, 5) is 22.3. The van der Waals surface area contributed by atoms with Crippen LogP contribution in [0.25, 0.3) is 0 Å². The second-order valence-electron chi connectivity index (χ2n) is 6.64. The third-order valence-corrected chi connectivity index (χ3v) is 5.11. The Bertz CT molecular complexity index is 473. The van der Waals surface area contributed by atoms with Gasteiger partial charge in [-0.1, -0.05) is 13.8 Å². The first-order chi connectivity index (χ1) is 9.59. The molecule has 1 amide bonds. The minimum atomic E-state index is -0.0716. The van der Waals surface area contributed by atoms with Gasteiger partial charge in [0.05, 0.1) is 17.5 Å². The summed E-state index contributed by atoms with van der Waals surface area (Å²) in [5.74, 6) is 1.04. The lowest BCUT2D eigenvalue weighted by Crippen LogP contribution is -2.66. The molecule has 0 aromatic carbocycles. The lowest BCUT2D eigenvalue weighted by molar-refractivity contribution is -0.167. The summed E-state index contributed by atoms with van der Waals surface area (Å²) in [6, 6.07) is 0. The van der Waals surface area contributed by atoms with E-state index in [1.807, 2.05) is 16.6 Å². The highest BCUT2D eigenvalue weighted by molar-refractivity contribution is 7.09. The van der Waals surface area contributed by atoms with Crippen LogP contribution < -0.4 is 0 Å². The Morgan fingerprint density at radius 2 is 2.30 bits per heavy atom. The van der Waals surface area contributed by atoms with Crippen LogP contribution in [0.1, 0.15) is 31.6 Å². The third-order valence-electron chi connectivity index (χ3n) is 4.34. The normalized spacial score (nSPS) is 27.4. The number of carbonyl (C=O) groups is 1. The van der Waals surface area contributed by atoms with Crippen molar-refractivity contribution in [1.29, 1.82) is 0 Å². The molecule has 1 spiro atoms. The highest BCUT2D eigenvalue weighted by Crippen LogP contribution is 2.41. The summed E-state index contributed by atoms with van der Waals surface area (Å²) < 4.78 is 0. The van der Waals surface area contributed by atoms with Crippen molar-refractivity contribution in [3.05, 3.63) is 16.6 Å². The van der Waals surface area contributed by atoms with Crippen molar-refractivity contribution in [1.82, 2.24) is 14.8 Å². The number of hydrogen-bond acceptors (Lipinski definition) is 4. The lowest BCUT2D eigenvalue weighted by Gasteiger charge is -2.53. The molecule has 0 bridgehead atoms. The van der Waals surface area contributed by atoms with E-state index < -0.39 is 0 Å². The summed E-state index contributed by atoms with van der Waals surface area (Å²) in [7, 11) is 0. The minimum absolute atomic E-state index is 0.0716. The highest BCUT2D eigenvalue weighted by atomic mass is 32.1. The van der Waals surface area contributed by atoms with Gasteiger partial charge in [0, 0.05) is 30.7 Å². The monoisotopic (exact) mass is 293 g/mol. The molecule has 1 aromatic heterocycles. The lowest BCUT2D eigenvalue weighted by atomic mass is 9.72. The predicted octanol–water partition coefficient (Wildman–Crippen LogP) is 2.22. The van der Waals surface area contributed by atoms with E-state index in [9.17, 15) is 4.79 Å². The van der Waals surface area contributed by atoms with Gasteiger partial charge in [-0.3, -0.25) is 9.78 Å². The van der Waals surface area contributed by atoms with Gasteiger partial charge in [0.15, 0.2) is 0 Å². The van der Waals surface area contributed by atoms with Gasteiger partial charge in [-0.15, -0.1) is 11.3 Å². The van der Waals surface area contributed by atoms with Gasteiger partial charge in [0.25, 0.3) is 0 Å². The molecule has 4 nitrogen and oxygen atoms in total. The number of nitrogens with zero attached hydrogens (tertiary/aromatic N) is 3. The van der Waals surface area contributed by atoms with Gasteiger partial charge in [0.2, 0.25) is 5.91 Å². The minimum Gasteiger partial charge on any atom is -0.336 e. The van der Waals surface area contributed by atoms with Crippen molar-refractivity contribution >= 4 is 17.2 Å². The van der Waals surface area contributed by atoms with E-state index >= 15 is 0 Å². The Balaban J connectivity index is 1.59. The van der Waals surface area contributed by atoms with E-state index in [1.165, 1.54) is 4.88 Å².